The monoisotopic (exact) mass is 429 g/mol. The average Bonchev–Trinajstić information content (AvgIpc) is 2.82. The lowest BCUT2D eigenvalue weighted by Crippen LogP contribution is -2.40. The number of aryl methyl sites for hydroxylation is 1. The molecule has 0 aliphatic carbocycles. The van der Waals surface area contributed by atoms with Crippen LogP contribution in [0.4, 0.5) is 0 Å². The van der Waals surface area contributed by atoms with Gasteiger partial charge in [-0.05, 0) is 59.9 Å². The van der Waals surface area contributed by atoms with Crippen LogP contribution >= 0.6 is 0 Å². The molecular formula is C26H27N3O3. The number of hydrogen-bond acceptors (Lipinski definition) is 4. The molecule has 6 heteroatoms. The molecule has 3 heterocycles. The van der Waals surface area contributed by atoms with Crippen LogP contribution in [-0.4, -0.2) is 59.4 Å². The highest BCUT2D eigenvalue weighted by atomic mass is 16.5. The van der Waals surface area contributed by atoms with Gasteiger partial charge in [0.25, 0.3) is 5.91 Å². The van der Waals surface area contributed by atoms with Crippen LogP contribution < -0.4 is 0 Å². The zero-order valence-corrected chi connectivity index (χ0v) is 18.6. The topological polar surface area (TPSA) is 62.7 Å². The number of morpholine rings is 1. The van der Waals surface area contributed by atoms with Gasteiger partial charge < -0.3 is 14.5 Å². The first kappa shape index (κ1) is 20.6. The summed E-state index contributed by atoms with van der Waals surface area (Å²) in [5, 5.41) is 0.983. The molecule has 164 valence electrons. The van der Waals surface area contributed by atoms with Crippen molar-refractivity contribution in [2.75, 3.05) is 32.8 Å². The van der Waals surface area contributed by atoms with Crippen molar-refractivity contribution in [2.45, 2.75) is 26.8 Å². The molecule has 0 bridgehead atoms. The van der Waals surface area contributed by atoms with Gasteiger partial charge in [0.2, 0.25) is 5.91 Å². The van der Waals surface area contributed by atoms with E-state index in [-0.39, 0.29) is 11.8 Å². The maximum absolute atomic E-state index is 13.1. The molecule has 6 nitrogen and oxygen atoms in total. The molecular weight excluding hydrogens is 402 g/mol. The number of hydrogen-bond donors (Lipinski definition) is 0. The van der Waals surface area contributed by atoms with Crippen LogP contribution in [0.25, 0.3) is 22.0 Å². The van der Waals surface area contributed by atoms with Crippen molar-refractivity contribution in [3.8, 4) is 11.1 Å². The number of pyridine rings is 1. The summed E-state index contributed by atoms with van der Waals surface area (Å²) >= 11 is 0. The lowest BCUT2D eigenvalue weighted by atomic mass is 9.88. The molecule has 1 fully saturated rings. The number of fused-ring (bicyclic) bond motifs is 2. The van der Waals surface area contributed by atoms with E-state index in [1.807, 2.05) is 34.9 Å². The first-order valence-electron chi connectivity index (χ1n) is 11.2. The Morgan fingerprint density at radius 1 is 0.969 bits per heavy atom. The number of carbonyl (C=O) groups is 2. The summed E-state index contributed by atoms with van der Waals surface area (Å²) in [6.45, 7) is 7.40. The Morgan fingerprint density at radius 3 is 2.56 bits per heavy atom. The first-order chi connectivity index (χ1) is 15.5. The van der Waals surface area contributed by atoms with Gasteiger partial charge in [0.15, 0.2) is 0 Å². The van der Waals surface area contributed by atoms with Crippen molar-refractivity contribution in [3.63, 3.8) is 0 Å². The SMILES string of the molecule is CC(=O)N1CCc2c(cccc2-c2cc(C)nc3ccc(C(=O)N4CCOCC4)cc23)C1. The second-order valence-electron chi connectivity index (χ2n) is 8.58. The average molecular weight is 430 g/mol. The van der Waals surface area contributed by atoms with Crippen molar-refractivity contribution in [3.05, 3.63) is 64.8 Å². The summed E-state index contributed by atoms with van der Waals surface area (Å²) < 4.78 is 5.39. The Hall–Kier alpha value is -3.25. The Morgan fingerprint density at radius 2 is 1.78 bits per heavy atom. The van der Waals surface area contributed by atoms with E-state index in [1.54, 1.807) is 6.92 Å². The maximum atomic E-state index is 13.1. The molecule has 2 aliphatic rings. The predicted octanol–water partition coefficient (Wildman–Crippen LogP) is 3.59. The van der Waals surface area contributed by atoms with Gasteiger partial charge >= 0.3 is 0 Å². The van der Waals surface area contributed by atoms with Crippen LogP contribution in [-0.2, 0) is 22.5 Å². The molecule has 5 rings (SSSR count). The number of carbonyl (C=O) groups excluding carboxylic acids is 2. The molecule has 2 aromatic carbocycles. The third-order valence-electron chi connectivity index (χ3n) is 6.48. The zero-order valence-electron chi connectivity index (χ0n) is 18.6. The fraction of sp³-hybridized carbons (Fsp3) is 0.346. The number of rotatable bonds is 2. The molecule has 0 atom stereocenters. The van der Waals surface area contributed by atoms with Crippen LogP contribution in [0.3, 0.4) is 0 Å². The minimum atomic E-state index is 0.0360. The molecule has 0 spiro atoms. The number of amides is 2. The highest BCUT2D eigenvalue weighted by molar-refractivity contribution is 6.02. The fourth-order valence-electron chi connectivity index (χ4n) is 4.79. The smallest absolute Gasteiger partial charge is 0.254 e. The molecule has 3 aromatic rings. The van der Waals surface area contributed by atoms with Crippen molar-refractivity contribution in [2.24, 2.45) is 0 Å². The van der Waals surface area contributed by atoms with Crippen molar-refractivity contribution < 1.29 is 14.3 Å². The first-order valence-corrected chi connectivity index (χ1v) is 11.2. The van der Waals surface area contributed by atoms with Crippen LogP contribution in [0.1, 0.15) is 34.1 Å². The number of ether oxygens (including phenoxy) is 1. The fourth-order valence-corrected chi connectivity index (χ4v) is 4.79. The predicted molar refractivity (Wildman–Crippen MR) is 123 cm³/mol. The van der Waals surface area contributed by atoms with E-state index in [4.69, 9.17) is 9.72 Å². The van der Waals surface area contributed by atoms with E-state index < -0.39 is 0 Å². The molecule has 1 aromatic heterocycles. The quantitative estimate of drug-likeness (QED) is 0.625. The minimum Gasteiger partial charge on any atom is -0.378 e. The van der Waals surface area contributed by atoms with Gasteiger partial charge in [0.05, 0.1) is 18.7 Å². The molecule has 0 radical (unpaired) electrons. The van der Waals surface area contributed by atoms with E-state index in [0.717, 1.165) is 40.7 Å². The number of nitrogens with zero attached hydrogens (tertiary/aromatic N) is 3. The van der Waals surface area contributed by atoms with Gasteiger partial charge in [0, 0.05) is 49.7 Å². The number of benzene rings is 2. The summed E-state index contributed by atoms with van der Waals surface area (Å²) in [6, 6.07) is 14.2. The standard InChI is InChI=1S/C26H27N3O3/c1-17-14-23(22-5-3-4-20-16-29(18(2)30)9-8-21(20)22)24-15-19(6-7-25(24)27-17)26(31)28-10-12-32-13-11-28/h3-7,14-15H,8-13,16H2,1-2H3. The van der Waals surface area contributed by atoms with Crippen molar-refractivity contribution in [1.82, 2.24) is 14.8 Å². The summed E-state index contributed by atoms with van der Waals surface area (Å²) in [6.07, 6.45) is 0.820. The van der Waals surface area contributed by atoms with Crippen LogP contribution in [0.5, 0.6) is 0 Å². The summed E-state index contributed by atoms with van der Waals surface area (Å²) in [7, 11) is 0. The summed E-state index contributed by atoms with van der Waals surface area (Å²) in [5.41, 5.74) is 7.23. The normalized spacial score (nSPS) is 16.2. The van der Waals surface area contributed by atoms with Crippen LogP contribution in [0.15, 0.2) is 42.5 Å². The van der Waals surface area contributed by atoms with E-state index in [0.29, 0.717) is 38.4 Å². The van der Waals surface area contributed by atoms with Gasteiger partial charge in [-0.25, -0.2) is 0 Å². The Balaban J connectivity index is 1.61. The van der Waals surface area contributed by atoms with Crippen molar-refractivity contribution in [1.29, 1.82) is 0 Å². The van der Waals surface area contributed by atoms with Crippen molar-refractivity contribution >= 4 is 22.7 Å². The highest BCUT2D eigenvalue weighted by Gasteiger charge is 2.23. The lowest BCUT2D eigenvalue weighted by Gasteiger charge is -2.29. The second-order valence-corrected chi connectivity index (χ2v) is 8.58. The van der Waals surface area contributed by atoms with Gasteiger partial charge in [-0.2, -0.15) is 0 Å². The molecule has 2 amide bonds. The van der Waals surface area contributed by atoms with Gasteiger partial charge in [0.1, 0.15) is 0 Å². The molecule has 0 saturated carbocycles. The minimum absolute atomic E-state index is 0.0360. The molecule has 0 N–H and O–H groups in total. The third kappa shape index (κ3) is 3.75. The Kier molecular flexibility index (Phi) is 5.39. The molecule has 2 aliphatic heterocycles. The highest BCUT2D eigenvalue weighted by Crippen LogP contribution is 2.35. The maximum Gasteiger partial charge on any atom is 0.254 e. The van der Waals surface area contributed by atoms with E-state index in [1.165, 1.54) is 11.1 Å². The van der Waals surface area contributed by atoms with Crippen LogP contribution in [0.2, 0.25) is 0 Å². The lowest BCUT2D eigenvalue weighted by molar-refractivity contribution is -0.129. The largest absolute Gasteiger partial charge is 0.378 e. The summed E-state index contributed by atoms with van der Waals surface area (Å²) in [4.78, 5) is 33.5. The van der Waals surface area contributed by atoms with Gasteiger partial charge in [-0.3, -0.25) is 14.6 Å². The van der Waals surface area contributed by atoms with Gasteiger partial charge in [-0.1, -0.05) is 18.2 Å². The van der Waals surface area contributed by atoms with E-state index >= 15 is 0 Å². The Bertz CT molecular complexity index is 1210. The third-order valence-corrected chi connectivity index (χ3v) is 6.48. The van der Waals surface area contributed by atoms with Gasteiger partial charge in [-0.15, -0.1) is 0 Å². The number of aromatic nitrogens is 1. The summed E-state index contributed by atoms with van der Waals surface area (Å²) in [5.74, 6) is 0.145. The molecule has 1 saturated heterocycles. The van der Waals surface area contributed by atoms with Crippen LogP contribution in [0, 0.1) is 6.92 Å². The van der Waals surface area contributed by atoms with E-state index in [9.17, 15) is 9.59 Å². The molecule has 0 unspecified atom stereocenters. The second kappa shape index (κ2) is 8.36. The molecule has 32 heavy (non-hydrogen) atoms. The zero-order chi connectivity index (χ0) is 22.2. The Labute approximate surface area is 187 Å². The van der Waals surface area contributed by atoms with E-state index in [2.05, 4.69) is 24.3 Å².